The molecule has 1 amide bonds. The van der Waals surface area contributed by atoms with Crippen molar-refractivity contribution in [3.63, 3.8) is 0 Å². The van der Waals surface area contributed by atoms with Crippen molar-refractivity contribution in [1.29, 1.82) is 0 Å². The van der Waals surface area contributed by atoms with Crippen LogP contribution in [0.1, 0.15) is 34.1 Å². The first-order valence-electron chi connectivity index (χ1n) is 9.71. The van der Waals surface area contributed by atoms with Gasteiger partial charge < -0.3 is 27.7 Å². The smallest absolute Gasteiger partial charge is 0.459 e. The molecule has 0 aromatic rings. The van der Waals surface area contributed by atoms with Gasteiger partial charge in [-0.2, -0.15) is 0 Å². The fourth-order valence-electron chi connectivity index (χ4n) is 2.72. The number of hydrogen-bond acceptors (Lipinski definition) is 8. The van der Waals surface area contributed by atoms with Gasteiger partial charge in [0.15, 0.2) is 0 Å². The van der Waals surface area contributed by atoms with Crippen LogP contribution in [-0.4, -0.2) is 76.8 Å². The van der Waals surface area contributed by atoms with Crippen LogP contribution in [0.5, 0.6) is 0 Å². The molecule has 0 aromatic carbocycles. The van der Waals surface area contributed by atoms with Crippen molar-refractivity contribution in [2.75, 3.05) is 39.6 Å². The highest BCUT2D eigenvalue weighted by Gasteiger charge is 2.56. The Labute approximate surface area is 172 Å². The summed E-state index contributed by atoms with van der Waals surface area (Å²) in [5.41, 5.74) is -0.0196. The Morgan fingerprint density at radius 2 is 1.55 bits per heavy atom. The molecule has 1 unspecified atom stereocenters. The number of amides is 1. The molecule has 0 bridgehead atoms. The molecule has 0 radical (unpaired) electrons. The van der Waals surface area contributed by atoms with Crippen LogP contribution in [0.3, 0.4) is 0 Å². The standard InChI is InChI=1S/C19H31NO8Si/c1-6-26-29(27-7-2,28-8-3)17-11-12-20(17)16(21)9-10-18(22)24-13-14-25-19(23)15(4)5/h9-10,17H,4,6-8,11-14H2,1-3,5H3/b10-9+. The Bertz CT molecular complexity index is 604. The van der Waals surface area contributed by atoms with E-state index in [1.165, 1.54) is 6.92 Å². The predicted molar refractivity (Wildman–Crippen MR) is 107 cm³/mol. The lowest BCUT2D eigenvalue weighted by molar-refractivity contribution is -0.146. The lowest BCUT2D eigenvalue weighted by Gasteiger charge is -2.47. The van der Waals surface area contributed by atoms with E-state index in [1.54, 1.807) is 4.90 Å². The van der Waals surface area contributed by atoms with Crippen molar-refractivity contribution in [3.05, 3.63) is 24.3 Å². The van der Waals surface area contributed by atoms with Gasteiger partial charge in [0.25, 0.3) is 0 Å². The summed E-state index contributed by atoms with van der Waals surface area (Å²) >= 11 is 0. The highest BCUT2D eigenvalue weighted by molar-refractivity contribution is 6.63. The number of likely N-dealkylation sites (tertiary alicyclic amines) is 1. The Kier molecular flexibility index (Phi) is 10.8. The molecular formula is C19H31NO8Si. The summed E-state index contributed by atoms with van der Waals surface area (Å²) in [5, 5.41) is 0. The van der Waals surface area contributed by atoms with E-state index in [9.17, 15) is 14.4 Å². The monoisotopic (exact) mass is 429 g/mol. The molecule has 0 saturated carbocycles. The highest BCUT2D eigenvalue weighted by atomic mass is 28.4. The molecular weight excluding hydrogens is 398 g/mol. The van der Waals surface area contributed by atoms with Gasteiger partial charge in [0.2, 0.25) is 5.91 Å². The number of ether oxygens (including phenoxy) is 2. The molecule has 1 atom stereocenters. The van der Waals surface area contributed by atoms with Crippen molar-refractivity contribution >= 4 is 26.7 Å². The third-order valence-electron chi connectivity index (χ3n) is 4.02. The Balaban J connectivity index is 2.58. The average Bonchev–Trinajstić information content (AvgIpc) is 2.63. The predicted octanol–water partition coefficient (Wildman–Crippen LogP) is 1.39. The van der Waals surface area contributed by atoms with Crippen LogP contribution < -0.4 is 0 Å². The van der Waals surface area contributed by atoms with Gasteiger partial charge in [0.05, 0.1) is 0 Å². The van der Waals surface area contributed by atoms with Gasteiger partial charge in [-0.3, -0.25) is 4.79 Å². The summed E-state index contributed by atoms with van der Waals surface area (Å²) in [7, 11) is -3.04. The zero-order chi connectivity index (χ0) is 21.9. The van der Waals surface area contributed by atoms with Crippen LogP contribution in [-0.2, 0) is 37.1 Å². The number of carbonyl (C=O) groups is 3. The summed E-state index contributed by atoms with van der Waals surface area (Å²) in [5.74, 6) is -1.60. The van der Waals surface area contributed by atoms with Gasteiger partial charge in [0, 0.05) is 44.1 Å². The summed E-state index contributed by atoms with van der Waals surface area (Å²) in [4.78, 5) is 37.0. The van der Waals surface area contributed by atoms with Gasteiger partial charge >= 0.3 is 20.7 Å². The number of hydrogen-bond donors (Lipinski definition) is 0. The number of esters is 2. The summed E-state index contributed by atoms with van der Waals surface area (Å²) in [6.07, 6.45) is 2.91. The van der Waals surface area contributed by atoms with Gasteiger partial charge in [-0.25, -0.2) is 9.59 Å². The largest absolute Gasteiger partial charge is 0.524 e. The molecule has 0 spiro atoms. The van der Waals surface area contributed by atoms with Gasteiger partial charge in [-0.15, -0.1) is 0 Å². The fraction of sp³-hybridized carbons (Fsp3) is 0.632. The maximum atomic E-state index is 12.5. The van der Waals surface area contributed by atoms with Crippen molar-refractivity contribution in [2.24, 2.45) is 0 Å². The molecule has 1 aliphatic heterocycles. The van der Waals surface area contributed by atoms with Crippen molar-refractivity contribution < 1.29 is 37.1 Å². The molecule has 29 heavy (non-hydrogen) atoms. The Morgan fingerprint density at radius 1 is 1.00 bits per heavy atom. The second kappa shape index (κ2) is 12.5. The van der Waals surface area contributed by atoms with E-state index in [0.717, 1.165) is 12.2 Å². The Morgan fingerprint density at radius 3 is 2.00 bits per heavy atom. The van der Waals surface area contributed by atoms with Crippen molar-refractivity contribution in [3.8, 4) is 0 Å². The summed E-state index contributed by atoms with van der Waals surface area (Å²) < 4.78 is 27.3. The topological polar surface area (TPSA) is 101 Å². The van der Waals surface area contributed by atoms with Crippen LogP contribution in [0.15, 0.2) is 24.3 Å². The maximum Gasteiger partial charge on any atom is 0.524 e. The molecule has 164 valence electrons. The van der Waals surface area contributed by atoms with Crippen LogP contribution in [0.25, 0.3) is 0 Å². The minimum Gasteiger partial charge on any atom is -0.459 e. The van der Waals surface area contributed by atoms with E-state index >= 15 is 0 Å². The Hall–Kier alpha value is -2.01. The number of carbonyl (C=O) groups excluding carboxylic acids is 3. The normalized spacial score (nSPS) is 16.4. The molecule has 1 heterocycles. The minimum atomic E-state index is -3.04. The first-order valence-corrected chi connectivity index (χ1v) is 11.5. The molecule has 1 rings (SSSR count). The number of nitrogens with zero attached hydrogens (tertiary/aromatic N) is 1. The molecule has 9 nitrogen and oxygen atoms in total. The van der Waals surface area contributed by atoms with E-state index in [-0.39, 0.29) is 30.4 Å². The van der Waals surface area contributed by atoms with Gasteiger partial charge in [-0.05, 0) is 34.1 Å². The van der Waals surface area contributed by atoms with Crippen LogP contribution in [0, 0.1) is 0 Å². The highest BCUT2D eigenvalue weighted by Crippen LogP contribution is 2.30. The first kappa shape index (κ1) is 25.0. The molecule has 0 aliphatic carbocycles. The number of rotatable bonds is 13. The maximum absolute atomic E-state index is 12.5. The molecule has 1 saturated heterocycles. The second-order valence-electron chi connectivity index (χ2n) is 6.16. The lowest BCUT2D eigenvalue weighted by Crippen LogP contribution is -2.69. The van der Waals surface area contributed by atoms with E-state index in [2.05, 4.69) is 6.58 Å². The summed E-state index contributed by atoms with van der Waals surface area (Å²) in [6.45, 7) is 12.1. The molecule has 10 heteroatoms. The van der Waals surface area contributed by atoms with Crippen LogP contribution in [0.2, 0.25) is 0 Å². The van der Waals surface area contributed by atoms with Crippen molar-refractivity contribution in [1.82, 2.24) is 4.90 Å². The third kappa shape index (κ3) is 7.39. The second-order valence-corrected chi connectivity index (χ2v) is 8.90. The van der Waals surface area contributed by atoms with E-state index in [4.69, 9.17) is 22.8 Å². The van der Waals surface area contributed by atoms with Crippen LogP contribution in [0.4, 0.5) is 0 Å². The average molecular weight is 430 g/mol. The quantitative estimate of drug-likeness (QED) is 0.187. The van der Waals surface area contributed by atoms with Crippen LogP contribution >= 0.6 is 0 Å². The van der Waals surface area contributed by atoms with Gasteiger partial charge in [0.1, 0.15) is 18.9 Å². The first-order chi connectivity index (χ1) is 13.8. The lowest BCUT2D eigenvalue weighted by atomic mass is 10.2. The minimum absolute atomic E-state index is 0.0847. The molecule has 1 fully saturated rings. The van der Waals surface area contributed by atoms with Gasteiger partial charge in [-0.1, -0.05) is 6.58 Å². The van der Waals surface area contributed by atoms with E-state index in [1.807, 2.05) is 20.8 Å². The molecule has 1 aliphatic rings. The third-order valence-corrected chi connectivity index (χ3v) is 7.51. The van der Waals surface area contributed by atoms with Crippen molar-refractivity contribution in [2.45, 2.75) is 39.8 Å². The fourth-order valence-corrected chi connectivity index (χ4v) is 5.87. The molecule has 0 aromatic heterocycles. The van der Waals surface area contributed by atoms with E-state index < -0.39 is 20.7 Å². The zero-order valence-corrected chi connectivity index (χ0v) is 18.6. The molecule has 0 N–H and O–H groups in total. The van der Waals surface area contributed by atoms with E-state index in [0.29, 0.717) is 32.8 Å². The zero-order valence-electron chi connectivity index (χ0n) is 17.6. The SMILES string of the molecule is C=C(C)C(=O)OCCOC(=O)/C=C/C(=O)N1CCC1[Si](OCC)(OCC)OCC. The summed E-state index contributed by atoms with van der Waals surface area (Å²) in [6, 6.07) is 0.